The maximum absolute atomic E-state index is 12.7. The molecule has 2 amide bonds. The average Bonchev–Trinajstić information content (AvgIpc) is 3.10. The molecule has 1 aromatic carbocycles. The van der Waals surface area contributed by atoms with Crippen LogP contribution >= 0.6 is 11.6 Å². The van der Waals surface area contributed by atoms with E-state index in [9.17, 15) is 4.79 Å². The van der Waals surface area contributed by atoms with Gasteiger partial charge in [-0.2, -0.15) is 0 Å². The monoisotopic (exact) mass is 393 g/mol. The van der Waals surface area contributed by atoms with Gasteiger partial charge in [-0.1, -0.05) is 11.6 Å². The van der Waals surface area contributed by atoms with Crippen molar-refractivity contribution in [3.63, 3.8) is 0 Å². The van der Waals surface area contributed by atoms with Crippen LogP contribution < -0.4 is 15.5 Å². The Morgan fingerprint density at radius 2 is 2.07 bits per heavy atom. The Balaban J connectivity index is 1.41. The zero-order valence-corrected chi connectivity index (χ0v) is 16.4. The largest absolute Gasteiger partial charge is 0.378 e. The van der Waals surface area contributed by atoms with Crippen LogP contribution in [0.3, 0.4) is 0 Å². The Kier molecular flexibility index (Phi) is 5.76. The molecule has 27 heavy (non-hydrogen) atoms. The Labute approximate surface area is 165 Å². The molecule has 4 rings (SSSR count). The van der Waals surface area contributed by atoms with E-state index in [1.54, 1.807) is 0 Å². The first-order valence-electron chi connectivity index (χ1n) is 9.97. The number of rotatable bonds is 3. The summed E-state index contributed by atoms with van der Waals surface area (Å²) in [7, 11) is 0. The fourth-order valence-electron chi connectivity index (χ4n) is 4.38. The van der Waals surface area contributed by atoms with Crippen molar-refractivity contribution in [2.45, 2.75) is 50.2 Å². The van der Waals surface area contributed by atoms with Crippen LogP contribution in [0.25, 0.3) is 0 Å². The van der Waals surface area contributed by atoms with E-state index in [1.165, 1.54) is 19.3 Å². The molecule has 3 aliphatic rings. The lowest BCUT2D eigenvalue weighted by atomic mass is 9.90. The minimum atomic E-state index is -0.217. The van der Waals surface area contributed by atoms with E-state index in [0.29, 0.717) is 18.2 Å². The van der Waals surface area contributed by atoms with E-state index >= 15 is 0 Å². The summed E-state index contributed by atoms with van der Waals surface area (Å²) in [4.78, 5) is 15.0. The molecule has 0 bridgehead atoms. The molecule has 1 spiro atoms. The number of carbonyl (C=O) groups is 1. The van der Waals surface area contributed by atoms with E-state index in [-0.39, 0.29) is 17.7 Å². The molecular formula is C20H28ClN3O3. The van der Waals surface area contributed by atoms with Crippen LogP contribution in [0.4, 0.5) is 16.2 Å². The predicted octanol–water partition coefficient (Wildman–Crippen LogP) is 3.79. The van der Waals surface area contributed by atoms with Gasteiger partial charge in [-0.3, -0.25) is 0 Å². The molecule has 3 saturated heterocycles. The molecule has 2 N–H and O–H groups in total. The third kappa shape index (κ3) is 4.50. The maximum atomic E-state index is 12.7. The summed E-state index contributed by atoms with van der Waals surface area (Å²) in [6.45, 7) is 4.05. The van der Waals surface area contributed by atoms with Gasteiger partial charge in [-0.15, -0.1) is 0 Å². The van der Waals surface area contributed by atoms with Crippen LogP contribution in [0, 0.1) is 0 Å². The van der Waals surface area contributed by atoms with E-state index in [1.807, 2.05) is 18.2 Å². The second-order valence-corrected chi connectivity index (χ2v) is 8.27. The molecule has 3 aliphatic heterocycles. The molecule has 0 aliphatic carbocycles. The fourth-order valence-corrected chi connectivity index (χ4v) is 4.55. The molecule has 0 radical (unpaired) electrons. The third-order valence-electron chi connectivity index (χ3n) is 5.80. The SMILES string of the molecule is O=C(Nc1cc(Cl)ccc1N1CCCCC1)N[C@H]1CCO[C@]2(CCOC2)C1. The lowest BCUT2D eigenvalue weighted by Gasteiger charge is -2.37. The van der Waals surface area contributed by atoms with Gasteiger partial charge in [0.2, 0.25) is 0 Å². The van der Waals surface area contributed by atoms with Crippen molar-refractivity contribution in [3.05, 3.63) is 23.2 Å². The van der Waals surface area contributed by atoms with Gasteiger partial charge >= 0.3 is 6.03 Å². The summed E-state index contributed by atoms with van der Waals surface area (Å²) in [6.07, 6.45) is 6.16. The third-order valence-corrected chi connectivity index (χ3v) is 6.03. The van der Waals surface area contributed by atoms with Crippen LogP contribution in [0.15, 0.2) is 18.2 Å². The molecule has 0 aromatic heterocycles. The Bertz CT molecular complexity index is 672. The zero-order chi connectivity index (χ0) is 18.7. The number of halogens is 1. The van der Waals surface area contributed by atoms with Gasteiger partial charge in [0.25, 0.3) is 0 Å². The van der Waals surface area contributed by atoms with Gasteiger partial charge in [0.05, 0.1) is 23.6 Å². The van der Waals surface area contributed by atoms with E-state index in [4.69, 9.17) is 21.1 Å². The van der Waals surface area contributed by atoms with Crippen LogP contribution in [-0.4, -0.2) is 50.6 Å². The number of anilines is 2. The number of urea groups is 1. The highest BCUT2D eigenvalue weighted by Crippen LogP contribution is 2.34. The molecule has 3 fully saturated rings. The van der Waals surface area contributed by atoms with Crippen LogP contribution in [0.1, 0.15) is 38.5 Å². The summed E-state index contributed by atoms with van der Waals surface area (Å²) in [6, 6.07) is 5.63. The number of amides is 2. The first kappa shape index (κ1) is 18.8. The second-order valence-electron chi connectivity index (χ2n) is 7.83. The smallest absolute Gasteiger partial charge is 0.319 e. The number of hydrogen-bond donors (Lipinski definition) is 2. The number of hydrogen-bond acceptors (Lipinski definition) is 4. The van der Waals surface area contributed by atoms with Crippen molar-refractivity contribution >= 4 is 29.0 Å². The maximum Gasteiger partial charge on any atom is 0.319 e. The number of nitrogens with one attached hydrogen (secondary N) is 2. The van der Waals surface area contributed by atoms with E-state index in [2.05, 4.69) is 15.5 Å². The highest BCUT2D eigenvalue weighted by Gasteiger charge is 2.41. The fraction of sp³-hybridized carbons (Fsp3) is 0.650. The minimum Gasteiger partial charge on any atom is -0.378 e. The van der Waals surface area contributed by atoms with Crippen LogP contribution in [-0.2, 0) is 9.47 Å². The van der Waals surface area contributed by atoms with Gasteiger partial charge in [-0.05, 0) is 50.3 Å². The molecule has 3 heterocycles. The van der Waals surface area contributed by atoms with Gasteiger partial charge in [0.1, 0.15) is 0 Å². The summed E-state index contributed by atoms with van der Waals surface area (Å²) < 4.78 is 11.5. The van der Waals surface area contributed by atoms with Crippen molar-refractivity contribution in [1.82, 2.24) is 5.32 Å². The van der Waals surface area contributed by atoms with E-state index in [0.717, 1.165) is 50.3 Å². The van der Waals surface area contributed by atoms with Crippen LogP contribution in [0.2, 0.25) is 5.02 Å². The standard InChI is InChI=1S/C20H28ClN3O3/c21-15-4-5-18(24-8-2-1-3-9-24)17(12-15)23-19(25)22-16-6-10-27-20(13-16)7-11-26-14-20/h4-5,12,16H,1-3,6-11,13-14H2,(H2,22,23,25)/t16-,20+/m0/s1. The molecule has 0 unspecified atom stereocenters. The lowest BCUT2D eigenvalue weighted by Crippen LogP contribution is -2.50. The molecular weight excluding hydrogens is 366 g/mol. The number of benzene rings is 1. The highest BCUT2D eigenvalue weighted by atomic mass is 35.5. The second kappa shape index (κ2) is 8.25. The predicted molar refractivity (Wildman–Crippen MR) is 107 cm³/mol. The molecule has 7 heteroatoms. The summed E-state index contributed by atoms with van der Waals surface area (Å²) in [5.41, 5.74) is 1.60. The van der Waals surface area contributed by atoms with Crippen molar-refractivity contribution < 1.29 is 14.3 Å². The van der Waals surface area contributed by atoms with Crippen molar-refractivity contribution in [2.75, 3.05) is 43.1 Å². The van der Waals surface area contributed by atoms with Gasteiger partial charge in [-0.25, -0.2) is 4.79 Å². The summed E-state index contributed by atoms with van der Waals surface area (Å²) in [5, 5.41) is 6.77. The Morgan fingerprint density at radius 1 is 1.22 bits per heavy atom. The van der Waals surface area contributed by atoms with Gasteiger partial charge in [0.15, 0.2) is 0 Å². The summed E-state index contributed by atoms with van der Waals surface area (Å²) >= 11 is 6.19. The first-order valence-corrected chi connectivity index (χ1v) is 10.4. The molecule has 6 nitrogen and oxygen atoms in total. The Hall–Kier alpha value is -1.50. The van der Waals surface area contributed by atoms with Crippen molar-refractivity contribution in [1.29, 1.82) is 0 Å². The average molecular weight is 394 g/mol. The minimum absolute atomic E-state index is 0.0954. The zero-order valence-electron chi connectivity index (χ0n) is 15.6. The quantitative estimate of drug-likeness (QED) is 0.820. The normalized spacial score (nSPS) is 28.3. The van der Waals surface area contributed by atoms with Gasteiger partial charge < -0.3 is 25.0 Å². The molecule has 0 saturated carbocycles. The number of piperidine rings is 1. The summed E-state index contributed by atoms with van der Waals surface area (Å²) in [5.74, 6) is 0. The van der Waals surface area contributed by atoms with Crippen molar-refractivity contribution in [2.24, 2.45) is 0 Å². The number of ether oxygens (including phenoxy) is 2. The van der Waals surface area contributed by atoms with Gasteiger partial charge in [0, 0.05) is 43.8 Å². The topological polar surface area (TPSA) is 62.8 Å². The lowest BCUT2D eigenvalue weighted by molar-refractivity contribution is -0.0877. The number of nitrogens with zero attached hydrogens (tertiary/aromatic N) is 1. The molecule has 148 valence electrons. The molecule has 2 atom stereocenters. The highest BCUT2D eigenvalue weighted by molar-refractivity contribution is 6.31. The molecule has 1 aromatic rings. The number of carbonyl (C=O) groups excluding carboxylic acids is 1. The Morgan fingerprint density at radius 3 is 2.85 bits per heavy atom. The van der Waals surface area contributed by atoms with Crippen molar-refractivity contribution in [3.8, 4) is 0 Å². The first-order chi connectivity index (χ1) is 13.1. The van der Waals surface area contributed by atoms with E-state index < -0.39 is 0 Å². The van der Waals surface area contributed by atoms with Crippen LogP contribution in [0.5, 0.6) is 0 Å².